The monoisotopic (exact) mass is 523 g/mol. The van der Waals surface area contributed by atoms with Gasteiger partial charge in [-0.25, -0.2) is 8.42 Å². The maximum atomic E-state index is 13.6. The fraction of sp³-hybridized carbons (Fsp3) is 0.900. The molecule has 0 radical (unpaired) electrons. The first kappa shape index (κ1) is 27.0. The Bertz CT molecular complexity index is 914. The van der Waals surface area contributed by atoms with Crippen molar-refractivity contribution in [3.63, 3.8) is 0 Å². The highest BCUT2D eigenvalue weighted by Gasteiger charge is 2.76. The van der Waals surface area contributed by atoms with E-state index in [1.54, 1.807) is 13.8 Å². The van der Waals surface area contributed by atoms with Crippen LogP contribution in [-0.2, 0) is 29.2 Å². The molecule has 0 saturated heterocycles. The lowest BCUT2D eigenvalue weighted by Gasteiger charge is -2.60. The number of ether oxygens (including phenoxy) is 2. The summed E-state index contributed by atoms with van der Waals surface area (Å²) in [6.45, 7) is 3.35. The molecule has 7 nitrogen and oxygen atoms in total. The summed E-state index contributed by atoms with van der Waals surface area (Å²) >= 11 is 0. The molecular weight excluding hydrogens is 498 g/mol. The summed E-state index contributed by atoms with van der Waals surface area (Å²) in [5.41, 5.74) is -8.57. The number of rotatable bonds is 7. The molecule has 4 aliphatic rings. The van der Waals surface area contributed by atoms with Gasteiger partial charge in [-0.2, -0.15) is 26.3 Å². The molecule has 34 heavy (non-hydrogen) atoms. The van der Waals surface area contributed by atoms with Crippen molar-refractivity contribution < 1.29 is 58.4 Å². The average molecular weight is 523 g/mol. The Morgan fingerprint density at radius 2 is 1.53 bits per heavy atom. The van der Waals surface area contributed by atoms with Crippen LogP contribution in [0.2, 0.25) is 0 Å². The first-order valence-corrected chi connectivity index (χ1v) is 12.4. The molecule has 3 atom stereocenters. The lowest BCUT2D eigenvalue weighted by atomic mass is 9.48. The minimum Gasteiger partial charge on any atom is -0.748 e. The lowest BCUT2D eigenvalue weighted by Crippen LogP contribution is -2.66. The molecule has 0 aromatic carbocycles. The summed E-state index contributed by atoms with van der Waals surface area (Å²) < 4.78 is 125. The van der Waals surface area contributed by atoms with Gasteiger partial charge in [0.15, 0.2) is 0 Å². The van der Waals surface area contributed by atoms with Gasteiger partial charge in [-0.1, -0.05) is 13.8 Å². The van der Waals surface area contributed by atoms with Gasteiger partial charge < -0.3 is 14.0 Å². The van der Waals surface area contributed by atoms with E-state index in [1.807, 2.05) is 0 Å². The Hall–Kier alpha value is -1.57. The second kappa shape index (κ2) is 8.24. The predicted octanol–water partition coefficient (Wildman–Crippen LogP) is 3.87. The van der Waals surface area contributed by atoms with Crippen molar-refractivity contribution in [2.75, 3.05) is 5.75 Å². The molecule has 3 unspecified atom stereocenters. The minimum absolute atomic E-state index is 0.0825. The zero-order valence-corrected chi connectivity index (χ0v) is 19.2. The molecule has 4 aliphatic carbocycles. The second-order valence-electron chi connectivity index (χ2n) is 10.1. The minimum atomic E-state index is -6.43. The highest BCUT2D eigenvalue weighted by Crippen LogP contribution is 2.64. The highest BCUT2D eigenvalue weighted by atomic mass is 32.2. The van der Waals surface area contributed by atoms with E-state index in [9.17, 15) is 48.9 Å². The summed E-state index contributed by atoms with van der Waals surface area (Å²) in [6, 6.07) is 0. The zero-order chi connectivity index (χ0) is 26.0. The van der Waals surface area contributed by atoms with E-state index in [-0.39, 0.29) is 31.1 Å². The molecule has 4 saturated carbocycles. The van der Waals surface area contributed by atoms with Crippen LogP contribution in [0.15, 0.2) is 0 Å². The van der Waals surface area contributed by atoms with Crippen LogP contribution in [0.4, 0.5) is 26.3 Å². The SMILES string of the molecule is CCC(C)C(=O)OC12CC3CC(C1)CC(C(=O)OC(CS(=O)(=O)[O-])(C(F)(F)F)C(F)(F)F)(C3)C2. The van der Waals surface area contributed by atoms with Crippen molar-refractivity contribution in [1.29, 1.82) is 0 Å². The van der Waals surface area contributed by atoms with Crippen LogP contribution in [0.3, 0.4) is 0 Å². The normalized spacial score (nSPS) is 32.4. The summed E-state index contributed by atoms with van der Waals surface area (Å²) in [6.07, 6.45) is -11.7. The van der Waals surface area contributed by atoms with Gasteiger partial charge in [0.05, 0.1) is 27.2 Å². The van der Waals surface area contributed by atoms with Crippen molar-refractivity contribution in [1.82, 2.24) is 0 Å². The van der Waals surface area contributed by atoms with Gasteiger partial charge in [0.25, 0.3) is 0 Å². The molecular formula is C20H25F6O7S-. The van der Waals surface area contributed by atoms with E-state index in [1.165, 1.54) is 0 Å². The molecule has 0 spiro atoms. The van der Waals surface area contributed by atoms with E-state index in [0.717, 1.165) is 0 Å². The quantitative estimate of drug-likeness (QED) is 0.283. The van der Waals surface area contributed by atoms with Crippen LogP contribution in [-0.4, -0.2) is 54.2 Å². The molecule has 0 aromatic rings. The number of halogens is 6. The number of alkyl halides is 6. The molecule has 0 amide bonds. The Labute approximate surface area is 192 Å². The largest absolute Gasteiger partial charge is 0.748 e. The molecule has 0 N–H and O–H groups in total. The Balaban J connectivity index is 1.98. The van der Waals surface area contributed by atoms with Gasteiger partial charge in [-0.3, -0.25) is 9.59 Å². The van der Waals surface area contributed by atoms with E-state index in [2.05, 4.69) is 4.74 Å². The molecule has 14 heteroatoms. The summed E-state index contributed by atoms with van der Waals surface area (Å²) in [4.78, 5) is 25.5. The smallest absolute Gasteiger partial charge is 0.438 e. The van der Waals surface area contributed by atoms with Crippen molar-refractivity contribution in [2.24, 2.45) is 23.2 Å². The van der Waals surface area contributed by atoms with Gasteiger partial charge in [0.1, 0.15) is 5.60 Å². The third kappa shape index (κ3) is 4.76. The van der Waals surface area contributed by atoms with E-state index < -0.39 is 62.7 Å². The van der Waals surface area contributed by atoms with Crippen molar-refractivity contribution in [3.8, 4) is 0 Å². The van der Waals surface area contributed by atoms with Crippen LogP contribution in [0.5, 0.6) is 0 Å². The standard InChI is InChI=1S/C20H26F6O7S/c1-3-11(2)14(27)32-17-7-12-4-13(8-17)6-16(5-12,9-17)15(28)33-18(19(21,22)23,20(24,25)26)10-34(29,30)31/h11-13H,3-10H2,1-2H3,(H,29,30,31)/p-1. The van der Waals surface area contributed by atoms with Crippen LogP contribution in [0, 0.1) is 23.2 Å². The third-order valence-electron chi connectivity index (χ3n) is 7.34. The first-order valence-electron chi connectivity index (χ1n) is 10.8. The van der Waals surface area contributed by atoms with Crippen molar-refractivity contribution in [2.45, 2.75) is 82.3 Å². The second-order valence-corrected chi connectivity index (χ2v) is 11.5. The fourth-order valence-corrected chi connectivity index (χ4v) is 6.89. The molecule has 4 bridgehead atoms. The summed E-state index contributed by atoms with van der Waals surface area (Å²) in [5.74, 6) is -6.59. The number of hydrogen-bond acceptors (Lipinski definition) is 7. The lowest BCUT2D eigenvalue weighted by molar-refractivity contribution is -0.364. The number of esters is 2. The van der Waals surface area contributed by atoms with Gasteiger partial charge >= 0.3 is 29.9 Å². The van der Waals surface area contributed by atoms with Crippen LogP contribution in [0.1, 0.15) is 58.8 Å². The zero-order valence-electron chi connectivity index (χ0n) is 18.4. The van der Waals surface area contributed by atoms with E-state index in [4.69, 9.17) is 4.74 Å². The van der Waals surface area contributed by atoms with E-state index in [0.29, 0.717) is 25.7 Å². The Morgan fingerprint density at radius 3 is 1.94 bits per heavy atom. The summed E-state index contributed by atoms with van der Waals surface area (Å²) in [5, 5.41) is 0. The topological polar surface area (TPSA) is 110 Å². The molecule has 4 fully saturated rings. The maximum Gasteiger partial charge on any atom is 0.438 e. The summed E-state index contributed by atoms with van der Waals surface area (Å²) in [7, 11) is -6.13. The van der Waals surface area contributed by atoms with Gasteiger partial charge in [0.2, 0.25) is 0 Å². The predicted molar refractivity (Wildman–Crippen MR) is 101 cm³/mol. The average Bonchev–Trinajstić information content (AvgIpc) is 2.62. The van der Waals surface area contributed by atoms with Crippen molar-refractivity contribution in [3.05, 3.63) is 0 Å². The Morgan fingerprint density at radius 1 is 1.03 bits per heavy atom. The van der Waals surface area contributed by atoms with Crippen LogP contribution < -0.4 is 0 Å². The Kier molecular flexibility index (Phi) is 6.55. The maximum absolute atomic E-state index is 13.6. The molecule has 4 rings (SSSR count). The fourth-order valence-electron chi connectivity index (χ4n) is 6.00. The third-order valence-corrected chi connectivity index (χ3v) is 8.10. The van der Waals surface area contributed by atoms with Crippen LogP contribution in [0.25, 0.3) is 0 Å². The number of carbonyl (C=O) groups is 2. The highest BCUT2D eigenvalue weighted by molar-refractivity contribution is 7.85. The molecule has 0 aromatic heterocycles. The van der Waals surface area contributed by atoms with Gasteiger partial charge in [-0.05, 0) is 50.4 Å². The first-order chi connectivity index (χ1) is 15.3. The van der Waals surface area contributed by atoms with Gasteiger partial charge in [0, 0.05) is 6.42 Å². The molecule has 0 heterocycles. The van der Waals surface area contributed by atoms with Crippen molar-refractivity contribution >= 4 is 22.1 Å². The van der Waals surface area contributed by atoms with Gasteiger partial charge in [-0.15, -0.1) is 0 Å². The van der Waals surface area contributed by atoms with Crippen LogP contribution >= 0.6 is 0 Å². The number of hydrogen-bond donors (Lipinski definition) is 0. The molecule has 196 valence electrons. The van der Waals surface area contributed by atoms with E-state index >= 15 is 0 Å². The molecule has 0 aliphatic heterocycles. The number of carbonyl (C=O) groups excluding carboxylic acids is 2.